The summed E-state index contributed by atoms with van der Waals surface area (Å²) in [5.74, 6) is 0. The molecule has 0 amide bonds. The van der Waals surface area contributed by atoms with Gasteiger partial charge in [0.2, 0.25) is 0 Å². The Balaban J connectivity index is 3.23. The second kappa shape index (κ2) is 4.03. The van der Waals surface area contributed by atoms with E-state index >= 15 is 0 Å². The van der Waals surface area contributed by atoms with Crippen molar-refractivity contribution >= 4 is 19.2 Å². The zero-order valence-electron chi connectivity index (χ0n) is 7.72. The van der Waals surface area contributed by atoms with Gasteiger partial charge in [-0.05, 0) is 12.0 Å². The maximum absolute atomic E-state index is 11.2. The Morgan fingerprint density at radius 2 is 1.86 bits per heavy atom. The minimum absolute atomic E-state index is 0.183. The number of rotatable bonds is 3. The van der Waals surface area contributed by atoms with Gasteiger partial charge in [0, 0.05) is 0 Å². The van der Waals surface area contributed by atoms with Gasteiger partial charge < -0.3 is 9.79 Å². The Morgan fingerprint density at radius 3 is 2.21 bits per heavy atom. The van der Waals surface area contributed by atoms with E-state index in [-0.39, 0.29) is 6.42 Å². The van der Waals surface area contributed by atoms with Gasteiger partial charge in [-0.15, -0.1) is 11.6 Å². The van der Waals surface area contributed by atoms with Crippen molar-refractivity contribution < 1.29 is 14.4 Å². The van der Waals surface area contributed by atoms with Crippen molar-refractivity contribution in [2.75, 3.05) is 0 Å². The van der Waals surface area contributed by atoms with Gasteiger partial charge in [0.25, 0.3) is 0 Å². The van der Waals surface area contributed by atoms with Crippen LogP contribution in [0, 0.1) is 0 Å². The molecule has 0 aliphatic heterocycles. The average molecular weight is 235 g/mol. The molecule has 5 heteroatoms. The highest BCUT2D eigenvalue weighted by atomic mass is 35.5. The lowest BCUT2D eigenvalue weighted by Crippen LogP contribution is -2.17. The molecule has 0 aliphatic carbocycles. The van der Waals surface area contributed by atoms with Crippen molar-refractivity contribution in [2.45, 2.75) is 18.0 Å². The summed E-state index contributed by atoms with van der Waals surface area (Å²) >= 11 is 5.96. The fourth-order valence-electron chi connectivity index (χ4n) is 1.27. The molecule has 0 aromatic heterocycles. The van der Waals surface area contributed by atoms with Crippen molar-refractivity contribution in [3.8, 4) is 0 Å². The summed E-state index contributed by atoms with van der Waals surface area (Å²) in [6, 6.07) is 8.43. The van der Waals surface area contributed by atoms with E-state index in [0.717, 1.165) is 0 Å². The van der Waals surface area contributed by atoms with Gasteiger partial charge in [0.05, 0.1) is 0 Å². The molecule has 0 bridgehead atoms. The van der Waals surface area contributed by atoms with E-state index in [0.29, 0.717) is 5.56 Å². The molecule has 0 radical (unpaired) electrons. The van der Waals surface area contributed by atoms with E-state index in [4.69, 9.17) is 21.4 Å². The van der Waals surface area contributed by atoms with E-state index in [1.54, 1.807) is 37.3 Å². The maximum Gasteiger partial charge on any atom is 0.350 e. The maximum atomic E-state index is 11.2. The lowest BCUT2D eigenvalue weighted by Gasteiger charge is -2.26. The molecule has 0 spiro atoms. The van der Waals surface area contributed by atoms with Crippen LogP contribution in [0.1, 0.15) is 18.9 Å². The molecule has 14 heavy (non-hydrogen) atoms. The molecule has 0 aliphatic rings. The summed E-state index contributed by atoms with van der Waals surface area (Å²) in [4.78, 5) is 18.3. The Morgan fingerprint density at radius 1 is 1.36 bits per heavy atom. The summed E-state index contributed by atoms with van der Waals surface area (Å²) < 4.78 is 9.66. The van der Waals surface area contributed by atoms with Crippen molar-refractivity contribution in [3.63, 3.8) is 0 Å². The van der Waals surface area contributed by atoms with Crippen LogP contribution in [-0.4, -0.2) is 9.79 Å². The van der Waals surface area contributed by atoms with E-state index in [1.807, 2.05) is 0 Å². The molecule has 78 valence electrons. The van der Waals surface area contributed by atoms with Gasteiger partial charge in [0.15, 0.2) is 4.62 Å². The third kappa shape index (κ3) is 2.01. The zero-order valence-corrected chi connectivity index (χ0v) is 9.37. The second-order valence-electron chi connectivity index (χ2n) is 3.02. The molecule has 1 unspecified atom stereocenters. The van der Waals surface area contributed by atoms with E-state index in [9.17, 15) is 4.57 Å². The molecule has 1 atom stereocenters. The van der Waals surface area contributed by atoms with Gasteiger partial charge in [-0.3, -0.25) is 4.57 Å². The van der Waals surface area contributed by atoms with Crippen LogP contribution in [-0.2, 0) is 9.18 Å². The molecule has 0 fully saturated rings. The third-order valence-electron chi connectivity index (χ3n) is 2.15. The average Bonchev–Trinajstić information content (AvgIpc) is 2.16. The highest BCUT2D eigenvalue weighted by molar-refractivity contribution is 7.55. The smallest absolute Gasteiger partial charge is 0.323 e. The Labute approximate surface area is 87.9 Å². The Bertz CT molecular complexity index is 348. The highest BCUT2D eigenvalue weighted by Crippen LogP contribution is 2.61. The summed E-state index contributed by atoms with van der Waals surface area (Å²) in [5, 5.41) is 0. The first-order valence-electron chi connectivity index (χ1n) is 4.22. The van der Waals surface area contributed by atoms with Gasteiger partial charge >= 0.3 is 7.60 Å². The Hall–Kier alpha value is -0.340. The molecule has 0 saturated heterocycles. The summed E-state index contributed by atoms with van der Waals surface area (Å²) in [6.07, 6.45) is 0.183. The SMILES string of the molecule is CCC(Cl)(c1ccccc1)P(=O)(O)O. The largest absolute Gasteiger partial charge is 0.350 e. The first kappa shape index (κ1) is 11.7. The molecule has 0 saturated carbocycles. The predicted octanol–water partition coefficient (Wildman–Crippen LogP) is 2.67. The number of halogens is 1. The fraction of sp³-hybridized carbons (Fsp3) is 0.333. The number of benzene rings is 1. The minimum Gasteiger partial charge on any atom is -0.323 e. The van der Waals surface area contributed by atoms with Crippen molar-refractivity contribution in [3.05, 3.63) is 35.9 Å². The van der Waals surface area contributed by atoms with E-state index < -0.39 is 12.2 Å². The topological polar surface area (TPSA) is 57.5 Å². The molecule has 1 aromatic carbocycles. The predicted molar refractivity (Wildman–Crippen MR) is 56.3 cm³/mol. The number of hydrogen-bond donors (Lipinski definition) is 2. The summed E-state index contributed by atoms with van der Waals surface area (Å²) in [7, 11) is -4.34. The Kier molecular flexibility index (Phi) is 3.38. The molecule has 1 rings (SSSR count). The zero-order chi connectivity index (χ0) is 10.8. The molecular formula is C9H12ClO3P. The third-order valence-corrected chi connectivity index (χ3v) is 4.79. The van der Waals surface area contributed by atoms with Gasteiger partial charge in [-0.1, -0.05) is 37.3 Å². The standard InChI is InChI=1S/C9H12ClO3P/c1-2-9(10,14(11,12)13)8-6-4-3-5-7-8/h3-7H,2H2,1H3,(H2,11,12,13). The first-order valence-corrected chi connectivity index (χ1v) is 6.21. The minimum atomic E-state index is -4.34. The quantitative estimate of drug-likeness (QED) is 0.624. The van der Waals surface area contributed by atoms with Crippen LogP contribution in [0.3, 0.4) is 0 Å². The number of hydrogen-bond acceptors (Lipinski definition) is 1. The van der Waals surface area contributed by atoms with Crippen molar-refractivity contribution in [2.24, 2.45) is 0 Å². The first-order chi connectivity index (χ1) is 6.42. The van der Waals surface area contributed by atoms with Crippen LogP contribution in [0.5, 0.6) is 0 Å². The second-order valence-corrected chi connectivity index (χ2v) is 5.78. The highest BCUT2D eigenvalue weighted by Gasteiger charge is 2.45. The monoisotopic (exact) mass is 234 g/mol. The van der Waals surface area contributed by atoms with Crippen LogP contribution >= 0.6 is 19.2 Å². The normalized spacial score (nSPS) is 16.3. The van der Waals surface area contributed by atoms with Crippen LogP contribution in [0.2, 0.25) is 0 Å². The summed E-state index contributed by atoms with van der Waals surface area (Å²) in [6.45, 7) is 1.65. The van der Waals surface area contributed by atoms with Crippen molar-refractivity contribution in [1.82, 2.24) is 0 Å². The molecule has 0 heterocycles. The molecule has 1 aromatic rings. The fourth-order valence-corrected chi connectivity index (χ4v) is 2.30. The van der Waals surface area contributed by atoms with Gasteiger partial charge in [-0.25, -0.2) is 0 Å². The summed E-state index contributed by atoms with van der Waals surface area (Å²) in [5.41, 5.74) is 0.456. The lowest BCUT2D eigenvalue weighted by atomic mass is 10.1. The van der Waals surface area contributed by atoms with Gasteiger partial charge in [-0.2, -0.15) is 0 Å². The lowest BCUT2D eigenvalue weighted by molar-refractivity contribution is 0.348. The van der Waals surface area contributed by atoms with E-state index in [2.05, 4.69) is 0 Å². The van der Waals surface area contributed by atoms with Crippen molar-refractivity contribution in [1.29, 1.82) is 0 Å². The van der Waals surface area contributed by atoms with Crippen LogP contribution in [0.25, 0.3) is 0 Å². The van der Waals surface area contributed by atoms with Crippen LogP contribution in [0.4, 0.5) is 0 Å². The molecule has 3 nitrogen and oxygen atoms in total. The number of alkyl halides is 1. The molecular weight excluding hydrogens is 223 g/mol. The molecule has 2 N–H and O–H groups in total. The van der Waals surface area contributed by atoms with Crippen LogP contribution < -0.4 is 0 Å². The van der Waals surface area contributed by atoms with Crippen LogP contribution in [0.15, 0.2) is 30.3 Å². The van der Waals surface area contributed by atoms with E-state index in [1.165, 1.54) is 0 Å². The van der Waals surface area contributed by atoms with Gasteiger partial charge in [0.1, 0.15) is 0 Å².